The molecule has 0 spiro atoms. The number of fused-ring (bicyclic) bond motifs is 1. The van der Waals surface area contributed by atoms with E-state index >= 15 is 0 Å². The highest BCUT2D eigenvalue weighted by Crippen LogP contribution is 2.23. The average Bonchev–Trinajstić information content (AvgIpc) is 3.30. The van der Waals surface area contributed by atoms with Gasteiger partial charge in [0.15, 0.2) is 0 Å². The number of thiazole rings is 2. The van der Waals surface area contributed by atoms with Gasteiger partial charge in [-0.15, -0.1) is 22.7 Å². The lowest BCUT2D eigenvalue weighted by atomic mass is 10.3. The first-order valence-electron chi connectivity index (χ1n) is 8.23. The zero-order valence-corrected chi connectivity index (χ0v) is 16.8. The summed E-state index contributed by atoms with van der Waals surface area (Å²) in [5.41, 5.74) is 2.17. The van der Waals surface area contributed by atoms with Gasteiger partial charge in [0.25, 0.3) is 5.56 Å². The van der Waals surface area contributed by atoms with Gasteiger partial charge in [-0.3, -0.25) is 9.36 Å². The first kappa shape index (κ1) is 17.3. The Balaban J connectivity index is 1.78. The molecule has 0 fully saturated rings. The normalized spacial score (nSPS) is 17.3. The summed E-state index contributed by atoms with van der Waals surface area (Å²) in [6.07, 6.45) is 5.88. The van der Waals surface area contributed by atoms with Crippen molar-refractivity contribution in [2.45, 2.75) is 20.4 Å². The monoisotopic (exact) mass is 399 g/mol. The molecule has 0 radical (unpaired) electrons. The third-order valence-corrected chi connectivity index (χ3v) is 6.90. The number of para-hydroxylation sites is 1. The van der Waals surface area contributed by atoms with Crippen molar-refractivity contribution in [2.75, 3.05) is 0 Å². The van der Waals surface area contributed by atoms with E-state index in [0.29, 0.717) is 6.54 Å². The van der Waals surface area contributed by atoms with Gasteiger partial charge in [-0.05, 0) is 43.5 Å². The molecule has 132 valence electrons. The predicted octanol–water partition coefficient (Wildman–Crippen LogP) is 3.19. The highest BCUT2D eigenvalue weighted by Gasteiger charge is 2.06. The van der Waals surface area contributed by atoms with Gasteiger partial charge in [0.05, 0.1) is 19.8 Å². The second-order valence-corrected chi connectivity index (χ2v) is 8.80. The quantitative estimate of drug-likeness (QED) is 0.735. The van der Waals surface area contributed by atoms with E-state index in [0.717, 1.165) is 35.1 Å². The largest absolute Gasteiger partial charge is 0.353 e. The Morgan fingerprint density at radius 1 is 1.23 bits per heavy atom. The summed E-state index contributed by atoms with van der Waals surface area (Å²) in [5.74, 6) is 0. The second-order valence-electron chi connectivity index (χ2n) is 5.76. The SMILES string of the molecule is CCn1c(=O)c(=CC=C2NC(C)=CS2)s/c1=C\c1nc2ccccc2s1. The van der Waals surface area contributed by atoms with Crippen molar-refractivity contribution in [3.8, 4) is 0 Å². The van der Waals surface area contributed by atoms with Crippen molar-refractivity contribution in [3.63, 3.8) is 0 Å². The molecule has 0 saturated heterocycles. The molecule has 1 N–H and O–H groups in total. The van der Waals surface area contributed by atoms with E-state index in [9.17, 15) is 4.79 Å². The number of hydrogen-bond acceptors (Lipinski definition) is 6. The lowest BCUT2D eigenvalue weighted by Crippen LogP contribution is -2.30. The summed E-state index contributed by atoms with van der Waals surface area (Å²) in [7, 11) is 0. The summed E-state index contributed by atoms with van der Waals surface area (Å²) >= 11 is 4.78. The van der Waals surface area contributed by atoms with Crippen LogP contribution in [0.25, 0.3) is 22.4 Å². The number of nitrogens with zero attached hydrogens (tertiary/aromatic N) is 2. The smallest absolute Gasteiger partial charge is 0.269 e. The number of thioether (sulfide) groups is 1. The van der Waals surface area contributed by atoms with E-state index < -0.39 is 0 Å². The van der Waals surface area contributed by atoms with E-state index in [-0.39, 0.29) is 5.56 Å². The molecular weight excluding hydrogens is 382 g/mol. The number of rotatable bonds is 3. The third-order valence-electron chi connectivity index (χ3n) is 3.88. The van der Waals surface area contributed by atoms with E-state index in [4.69, 9.17) is 0 Å². The Hall–Kier alpha value is -2.09. The molecule has 26 heavy (non-hydrogen) atoms. The summed E-state index contributed by atoms with van der Waals surface area (Å²) in [5, 5.41) is 7.29. The van der Waals surface area contributed by atoms with Gasteiger partial charge in [-0.25, -0.2) is 4.98 Å². The maximum absolute atomic E-state index is 12.7. The molecule has 0 aliphatic carbocycles. The molecule has 7 heteroatoms. The van der Waals surface area contributed by atoms with Gasteiger partial charge in [0, 0.05) is 18.3 Å². The van der Waals surface area contributed by atoms with Crippen LogP contribution in [-0.2, 0) is 6.54 Å². The minimum Gasteiger partial charge on any atom is -0.353 e. The maximum Gasteiger partial charge on any atom is 0.269 e. The summed E-state index contributed by atoms with van der Waals surface area (Å²) in [4.78, 5) is 17.3. The van der Waals surface area contributed by atoms with Gasteiger partial charge in [0.1, 0.15) is 9.67 Å². The maximum atomic E-state index is 12.7. The van der Waals surface area contributed by atoms with Crippen LogP contribution in [0.5, 0.6) is 0 Å². The minimum absolute atomic E-state index is 0.0504. The molecule has 4 nitrogen and oxygen atoms in total. The van der Waals surface area contributed by atoms with E-state index in [2.05, 4.69) is 21.8 Å². The summed E-state index contributed by atoms with van der Waals surface area (Å²) in [6, 6.07) is 8.09. The molecule has 0 amide bonds. The highest BCUT2D eigenvalue weighted by molar-refractivity contribution is 8.06. The molecule has 0 bridgehead atoms. The van der Waals surface area contributed by atoms with Crippen LogP contribution in [0.3, 0.4) is 0 Å². The van der Waals surface area contributed by atoms with Crippen molar-refractivity contribution >= 4 is 56.8 Å². The first-order valence-corrected chi connectivity index (χ1v) is 10.7. The summed E-state index contributed by atoms with van der Waals surface area (Å²) in [6.45, 7) is 4.66. The van der Waals surface area contributed by atoms with Crippen LogP contribution in [0.4, 0.5) is 0 Å². The molecular formula is C19H17N3OS3. The Labute approximate surface area is 162 Å². The predicted molar refractivity (Wildman–Crippen MR) is 114 cm³/mol. The lowest BCUT2D eigenvalue weighted by molar-refractivity contribution is 0.723. The van der Waals surface area contributed by atoms with E-state index in [1.165, 1.54) is 11.3 Å². The molecule has 0 unspecified atom stereocenters. The second kappa shape index (κ2) is 7.26. The zero-order chi connectivity index (χ0) is 18.1. The standard InChI is InChI=1S/C19H17N3OS3/c1-3-22-18(10-17-21-13-6-4-5-7-14(13)25-17)26-15(19(22)23)8-9-16-20-12(2)11-24-16/h4-11,20H,3H2,1-2H3/b15-8?,16-9?,18-10-. The molecule has 2 aromatic heterocycles. The molecule has 3 heterocycles. The van der Waals surface area contributed by atoms with Crippen molar-refractivity contribution in [3.05, 3.63) is 71.0 Å². The minimum atomic E-state index is 0.0504. The van der Waals surface area contributed by atoms with Crippen LogP contribution in [0, 0.1) is 0 Å². The van der Waals surface area contributed by atoms with Gasteiger partial charge in [-0.1, -0.05) is 23.9 Å². The molecule has 3 aromatic rings. The fourth-order valence-corrected chi connectivity index (χ4v) is 5.41. The fraction of sp³-hybridized carbons (Fsp3) is 0.158. The number of benzene rings is 1. The van der Waals surface area contributed by atoms with Crippen LogP contribution in [0.2, 0.25) is 0 Å². The molecule has 0 atom stereocenters. The van der Waals surface area contributed by atoms with E-state index in [1.54, 1.807) is 27.7 Å². The Bertz CT molecular complexity index is 1180. The highest BCUT2D eigenvalue weighted by atomic mass is 32.2. The van der Waals surface area contributed by atoms with Crippen molar-refractivity contribution in [1.82, 2.24) is 14.9 Å². The fourth-order valence-electron chi connectivity index (χ4n) is 2.65. The van der Waals surface area contributed by atoms with Crippen LogP contribution in [0.15, 0.2) is 51.3 Å². The van der Waals surface area contributed by atoms with Crippen molar-refractivity contribution in [2.24, 2.45) is 0 Å². The number of hydrogen-bond donors (Lipinski definition) is 1. The number of allylic oxidation sites excluding steroid dienone is 2. The lowest BCUT2D eigenvalue weighted by Gasteiger charge is -1.95. The average molecular weight is 400 g/mol. The molecule has 1 aliphatic rings. The zero-order valence-electron chi connectivity index (χ0n) is 14.4. The third kappa shape index (κ3) is 3.42. The number of nitrogens with one attached hydrogen (secondary N) is 1. The summed E-state index contributed by atoms with van der Waals surface area (Å²) < 4.78 is 4.63. The van der Waals surface area contributed by atoms with Crippen LogP contribution >= 0.6 is 34.4 Å². The van der Waals surface area contributed by atoms with Crippen LogP contribution < -0.4 is 20.1 Å². The number of aromatic nitrogens is 2. The van der Waals surface area contributed by atoms with Gasteiger partial charge < -0.3 is 5.32 Å². The Kier molecular flexibility index (Phi) is 4.84. The molecule has 0 saturated carbocycles. The van der Waals surface area contributed by atoms with Gasteiger partial charge in [-0.2, -0.15) is 0 Å². The molecule has 1 aliphatic heterocycles. The Morgan fingerprint density at radius 2 is 2.08 bits per heavy atom. The molecule has 1 aromatic carbocycles. The van der Waals surface area contributed by atoms with Crippen LogP contribution in [0.1, 0.15) is 18.9 Å². The first-order chi connectivity index (χ1) is 12.6. The van der Waals surface area contributed by atoms with Crippen molar-refractivity contribution in [1.29, 1.82) is 0 Å². The van der Waals surface area contributed by atoms with Crippen LogP contribution in [-0.4, -0.2) is 9.55 Å². The van der Waals surface area contributed by atoms with Gasteiger partial charge in [0.2, 0.25) is 0 Å². The van der Waals surface area contributed by atoms with Crippen molar-refractivity contribution < 1.29 is 0 Å². The topological polar surface area (TPSA) is 46.9 Å². The van der Waals surface area contributed by atoms with Gasteiger partial charge >= 0.3 is 0 Å². The van der Waals surface area contributed by atoms with E-state index in [1.807, 2.05) is 50.3 Å². The Morgan fingerprint density at radius 3 is 2.81 bits per heavy atom. The molecule has 4 rings (SSSR count).